The summed E-state index contributed by atoms with van der Waals surface area (Å²) in [4.78, 5) is 0. The Labute approximate surface area is 89.6 Å². The van der Waals surface area contributed by atoms with Crippen molar-refractivity contribution in [2.45, 2.75) is 13.0 Å². The Morgan fingerprint density at radius 1 is 1.27 bits per heavy atom. The third-order valence-corrected chi connectivity index (χ3v) is 2.40. The van der Waals surface area contributed by atoms with Crippen molar-refractivity contribution in [3.8, 4) is 11.5 Å². The van der Waals surface area contributed by atoms with E-state index in [0.29, 0.717) is 11.5 Å². The first-order valence-corrected chi connectivity index (χ1v) is 4.73. The topological polar surface area (TPSA) is 64.7 Å². The number of nitrogens with two attached hydrogens (primary N) is 1. The molecule has 0 aromatic heterocycles. The molecule has 3 N–H and O–H groups in total. The SMILES string of the molecule is COc1cc(C(N)CO)cc(OC)c1C. The Morgan fingerprint density at radius 3 is 2.07 bits per heavy atom. The van der Waals surface area contributed by atoms with E-state index < -0.39 is 6.04 Å². The number of aliphatic hydroxyl groups is 1. The molecule has 4 nitrogen and oxygen atoms in total. The Bertz CT molecular complexity index is 314. The first-order valence-electron chi connectivity index (χ1n) is 4.73. The molecule has 15 heavy (non-hydrogen) atoms. The monoisotopic (exact) mass is 211 g/mol. The summed E-state index contributed by atoms with van der Waals surface area (Å²) in [5.41, 5.74) is 7.46. The molecule has 0 radical (unpaired) electrons. The summed E-state index contributed by atoms with van der Waals surface area (Å²) in [7, 11) is 3.19. The molecule has 0 heterocycles. The van der Waals surface area contributed by atoms with Gasteiger partial charge in [0, 0.05) is 5.56 Å². The highest BCUT2D eigenvalue weighted by Crippen LogP contribution is 2.31. The van der Waals surface area contributed by atoms with Crippen LogP contribution >= 0.6 is 0 Å². The fourth-order valence-corrected chi connectivity index (χ4v) is 1.43. The van der Waals surface area contributed by atoms with Gasteiger partial charge in [0.15, 0.2) is 0 Å². The Balaban J connectivity index is 3.20. The van der Waals surface area contributed by atoms with Crippen molar-refractivity contribution in [3.63, 3.8) is 0 Å². The number of hydrogen-bond acceptors (Lipinski definition) is 4. The largest absolute Gasteiger partial charge is 0.496 e. The normalized spacial score (nSPS) is 12.3. The van der Waals surface area contributed by atoms with E-state index >= 15 is 0 Å². The molecule has 0 saturated carbocycles. The maximum absolute atomic E-state index is 8.98. The van der Waals surface area contributed by atoms with Crippen LogP contribution in [0.5, 0.6) is 11.5 Å². The molecule has 0 bridgehead atoms. The molecule has 1 atom stereocenters. The van der Waals surface area contributed by atoms with Gasteiger partial charge in [0.05, 0.1) is 26.9 Å². The summed E-state index contributed by atoms with van der Waals surface area (Å²) < 4.78 is 10.4. The van der Waals surface area contributed by atoms with Crippen LogP contribution in [0.15, 0.2) is 12.1 Å². The van der Waals surface area contributed by atoms with Gasteiger partial charge in [-0.25, -0.2) is 0 Å². The van der Waals surface area contributed by atoms with Gasteiger partial charge in [0.2, 0.25) is 0 Å². The van der Waals surface area contributed by atoms with Gasteiger partial charge in [-0.2, -0.15) is 0 Å². The number of aliphatic hydroxyl groups excluding tert-OH is 1. The molecule has 84 valence electrons. The molecule has 0 aliphatic carbocycles. The summed E-state index contributed by atoms with van der Waals surface area (Å²) in [6.07, 6.45) is 0. The third kappa shape index (κ3) is 2.40. The van der Waals surface area contributed by atoms with Crippen LogP contribution in [0.4, 0.5) is 0 Å². The van der Waals surface area contributed by atoms with E-state index in [9.17, 15) is 0 Å². The minimum Gasteiger partial charge on any atom is -0.496 e. The fourth-order valence-electron chi connectivity index (χ4n) is 1.43. The average Bonchev–Trinajstić information content (AvgIpc) is 2.28. The summed E-state index contributed by atoms with van der Waals surface area (Å²) in [5.74, 6) is 1.43. The van der Waals surface area contributed by atoms with Gasteiger partial charge < -0.3 is 20.3 Å². The van der Waals surface area contributed by atoms with Gasteiger partial charge in [-0.05, 0) is 24.6 Å². The molecule has 1 aromatic carbocycles. The standard InChI is InChI=1S/C11H17NO3/c1-7-10(14-2)4-8(9(12)6-13)5-11(7)15-3/h4-5,9,13H,6,12H2,1-3H3. The lowest BCUT2D eigenvalue weighted by Gasteiger charge is -2.15. The number of benzene rings is 1. The highest BCUT2D eigenvalue weighted by Gasteiger charge is 2.12. The molecule has 0 aliphatic rings. The van der Waals surface area contributed by atoms with Crippen LogP contribution in [0.25, 0.3) is 0 Å². The summed E-state index contributed by atoms with van der Waals surface area (Å²) in [6, 6.07) is 3.23. The van der Waals surface area contributed by atoms with Gasteiger partial charge in [-0.1, -0.05) is 0 Å². The van der Waals surface area contributed by atoms with E-state index in [0.717, 1.165) is 11.1 Å². The van der Waals surface area contributed by atoms with Crippen LogP contribution in [0, 0.1) is 6.92 Å². The average molecular weight is 211 g/mol. The second-order valence-corrected chi connectivity index (χ2v) is 3.34. The smallest absolute Gasteiger partial charge is 0.125 e. The van der Waals surface area contributed by atoms with Crippen LogP contribution in [0.2, 0.25) is 0 Å². The van der Waals surface area contributed by atoms with E-state index in [1.54, 1.807) is 14.2 Å². The Hall–Kier alpha value is -1.26. The molecule has 0 fully saturated rings. The molecule has 1 unspecified atom stereocenters. The van der Waals surface area contributed by atoms with Crippen molar-refractivity contribution in [3.05, 3.63) is 23.3 Å². The van der Waals surface area contributed by atoms with Crippen LogP contribution < -0.4 is 15.2 Å². The molecule has 1 aromatic rings. The number of ether oxygens (including phenoxy) is 2. The van der Waals surface area contributed by atoms with Gasteiger partial charge in [-0.3, -0.25) is 0 Å². The van der Waals surface area contributed by atoms with E-state index in [2.05, 4.69) is 0 Å². The molecular formula is C11H17NO3. The van der Waals surface area contributed by atoms with Crippen LogP contribution in [-0.4, -0.2) is 25.9 Å². The van der Waals surface area contributed by atoms with Crippen LogP contribution in [0.3, 0.4) is 0 Å². The maximum atomic E-state index is 8.98. The zero-order chi connectivity index (χ0) is 11.4. The molecule has 4 heteroatoms. The van der Waals surface area contributed by atoms with Gasteiger partial charge in [0.25, 0.3) is 0 Å². The Kier molecular flexibility index (Phi) is 3.94. The minimum atomic E-state index is -0.409. The van der Waals surface area contributed by atoms with E-state index in [1.807, 2.05) is 19.1 Å². The van der Waals surface area contributed by atoms with Crippen molar-refractivity contribution in [2.24, 2.45) is 5.73 Å². The second-order valence-electron chi connectivity index (χ2n) is 3.34. The molecule has 0 aliphatic heterocycles. The number of hydrogen-bond donors (Lipinski definition) is 2. The first kappa shape index (κ1) is 11.8. The highest BCUT2D eigenvalue weighted by molar-refractivity contribution is 5.48. The van der Waals surface area contributed by atoms with Crippen molar-refractivity contribution < 1.29 is 14.6 Å². The fraction of sp³-hybridized carbons (Fsp3) is 0.455. The minimum absolute atomic E-state index is 0.102. The molecule has 0 amide bonds. The number of rotatable bonds is 4. The molecule has 0 saturated heterocycles. The van der Waals surface area contributed by atoms with Crippen molar-refractivity contribution in [1.82, 2.24) is 0 Å². The second kappa shape index (κ2) is 5.00. The Morgan fingerprint density at radius 2 is 1.73 bits per heavy atom. The quantitative estimate of drug-likeness (QED) is 0.780. The predicted octanol–water partition coefficient (Wildman–Crippen LogP) is 1.00. The molecular weight excluding hydrogens is 194 g/mol. The zero-order valence-electron chi connectivity index (χ0n) is 9.28. The zero-order valence-corrected chi connectivity index (χ0v) is 9.28. The van der Waals surface area contributed by atoms with Crippen LogP contribution in [0.1, 0.15) is 17.2 Å². The lowest BCUT2D eigenvalue weighted by atomic mass is 10.0. The highest BCUT2D eigenvalue weighted by atomic mass is 16.5. The van der Waals surface area contributed by atoms with Gasteiger partial charge in [-0.15, -0.1) is 0 Å². The van der Waals surface area contributed by atoms with E-state index in [-0.39, 0.29) is 6.61 Å². The summed E-state index contributed by atoms with van der Waals surface area (Å²) >= 11 is 0. The molecule has 0 spiro atoms. The van der Waals surface area contributed by atoms with E-state index in [4.69, 9.17) is 20.3 Å². The van der Waals surface area contributed by atoms with E-state index in [1.165, 1.54) is 0 Å². The third-order valence-electron chi connectivity index (χ3n) is 2.40. The summed E-state index contributed by atoms with van der Waals surface area (Å²) in [5, 5.41) is 8.98. The number of methoxy groups -OCH3 is 2. The van der Waals surface area contributed by atoms with Gasteiger partial charge >= 0.3 is 0 Å². The maximum Gasteiger partial charge on any atom is 0.125 e. The lowest BCUT2D eigenvalue weighted by molar-refractivity contribution is 0.267. The van der Waals surface area contributed by atoms with Crippen molar-refractivity contribution in [2.75, 3.05) is 20.8 Å². The predicted molar refractivity (Wildman–Crippen MR) is 58.3 cm³/mol. The lowest BCUT2D eigenvalue weighted by Crippen LogP contribution is -2.14. The van der Waals surface area contributed by atoms with Gasteiger partial charge in [0.1, 0.15) is 11.5 Å². The summed E-state index contributed by atoms with van der Waals surface area (Å²) in [6.45, 7) is 1.81. The van der Waals surface area contributed by atoms with Crippen LogP contribution in [-0.2, 0) is 0 Å². The van der Waals surface area contributed by atoms with Crippen molar-refractivity contribution >= 4 is 0 Å². The molecule has 1 rings (SSSR count). The first-order chi connectivity index (χ1) is 7.13. The van der Waals surface area contributed by atoms with Crippen molar-refractivity contribution in [1.29, 1.82) is 0 Å².